The highest BCUT2D eigenvalue weighted by Gasteiger charge is 2.30. The van der Waals surface area contributed by atoms with Gasteiger partial charge >= 0.3 is 6.18 Å². The second-order valence-corrected chi connectivity index (χ2v) is 5.52. The number of benzene rings is 2. The summed E-state index contributed by atoms with van der Waals surface area (Å²) in [6.45, 7) is 2.00. The summed E-state index contributed by atoms with van der Waals surface area (Å²) in [7, 11) is 0. The van der Waals surface area contributed by atoms with Gasteiger partial charge in [-0.3, -0.25) is 0 Å². The number of aryl methyl sites for hydroxylation is 1. The van der Waals surface area contributed by atoms with E-state index in [1.165, 1.54) is 23.5 Å². The van der Waals surface area contributed by atoms with Gasteiger partial charge in [0.1, 0.15) is 5.01 Å². The summed E-state index contributed by atoms with van der Waals surface area (Å²) in [5.41, 5.74) is 2.07. The topological polar surface area (TPSA) is 12.9 Å². The molecular formula is C15H10F3NS. The van der Waals surface area contributed by atoms with Crippen molar-refractivity contribution < 1.29 is 13.2 Å². The maximum atomic E-state index is 12.5. The highest BCUT2D eigenvalue weighted by atomic mass is 32.1. The fourth-order valence-electron chi connectivity index (χ4n) is 2.01. The van der Waals surface area contributed by atoms with Gasteiger partial charge in [-0.2, -0.15) is 13.2 Å². The standard InChI is InChI=1S/C15H10F3NS/c1-9-3-2-4-12-13(9)20-14(19-12)10-5-7-11(8-6-10)15(16,17)18/h2-8H,1H3. The van der Waals surface area contributed by atoms with Gasteiger partial charge in [0.05, 0.1) is 15.8 Å². The monoisotopic (exact) mass is 293 g/mol. The largest absolute Gasteiger partial charge is 0.416 e. The Morgan fingerprint density at radius 2 is 1.70 bits per heavy atom. The van der Waals surface area contributed by atoms with Crippen LogP contribution in [-0.4, -0.2) is 4.98 Å². The number of alkyl halides is 3. The SMILES string of the molecule is Cc1cccc2nc(-c3ccc(C(F)(F)F)cc3)sc12. The maximum Gasteiger partial charge on any atom is 0.416 e. The van der Waals surface area contributed by atoms with Gasteiger partial charge in [0, 0.05) is 5.56 Å². The lowest BCUT2D eigenvalue weighted by Gasteiger charge is -2.06. The van der Waals surface area contributed by atoms with Crippen LogP contribution < -0.4 is 0 Å². The fraction of sp³-hybridized carbons (Fsp3) is 0.133. The van der Waals surface area contributed by atoms with Gasteiger partial charge in [-0.05, 0) is 30.7 Å². The third-order valence-electron chi connectivity index (χ3n) is 3.07. The summed E-state index contributed by atoms with van der Waals surface area (Å²) in [6.07, 6.45) is -4.30. The van der Waals surface area contributed by atoms with E-state index in [1.807, 2.05) is 25.1 Å². The van der Waals surface area contributed by atoms with Gasteiger partial charge in [-0.1, -0.05) is 24.3 Å². The summed E-state index contributed by atoms with van der Waals surface area (Å²) in [5.74, 6) is 0. The first-order chi connectivity index (χ1) is 9.45. The van der Waals surface area contributed by atoms with Gasteiger partial charge in [0.25, 0.3) is 0 Å². The van der Waals surface area contributed by atoms with E-state index in [-0.39, 0.29) is 0 Å². The summed E-state index contributed by atoms with van der Waals surface area (Å²) in [6, 6.07) is 11.0. The number of hydrogen-bond donors (Lipinski definition) is 0. The first-order valence-corrected chi connectivity index (χ1v) is 6.80. The first kappa shape index (κ1) is 13.1. The van der Waals surface area contributed by atoms with Crippen molar-refractivity contribution in [1.29, 1.82) is 0 Å². The molecule has 0 fully saturated rings. The average molecular weight is 293 g/mol. The van der Waals surface area contributed by atoms with Crippen LogP contribution in [0.5, 0.6) is 0 Å². The molecule has 0 N–H and O–H groups in total. The van der Waals surface area contributed by atoms with Crippen molar-refractivity contribution in [2.75, 3.05) is 0 Å². The first-order valence-electron chi connectivity index (χ1n) is 5.99. The van der Waals surface area contributed by atoms with Gasteiger partial charge in [0.2, 0.25) is 0 Å². The molecule has 0 bridgehead atoms. The van der Waals surface area contributed by atoms with Gasteiger partial charge in [-0.15, -0.1) is 11.3 Å². The molecule has 1 aromatic heterocycles. The van der Waals surface area contributed by atoms with E-state index < -0.39 is 11.7 Å². The molecule has 1 nitrogen and oxygen atoms in total. The molecule has 0 spiro atoms. The number of fused-ring (bicyclic) bond motifs is 1. The van der Waals surface area contributed by atoms with E-state index in [9.17, 15) is 13.2 Å². The molecular weight excluding hydrogens is 283 g/mol. The van der Waals surface area contributed by atoms with E-state index in [1.54, 1.807) is 0 Å². The van der Waals surface area contributed by atoms with Crippen molar-refractivity contribution in [3.05, 3.63) is 53.6 Å². The van der Waals surface area contributed by atoms with Gasteiger partial charge in [0.15, 0.2) is 0 Å². The Morgan fingerprint density at radius 3 is 2.30 bits per heavy atom. The molecule has 0 aliphatic rings. The Hall–Kier alpha value is -1.88. The molecule has 3 rings (SSSR count). The molecule has 0 radical (unpaired) electrons. The minimum atomic E-state index is -4.30. The predicted octanol–water partition coefficient (Wildman–Crippen LogP) is 5.29. The lowest BCUT2D eigenvalue weighted by molar-refractivity contribution is -0.137. The van der Waals surface area contributed by atoms with E-state index in [0.29, 0.717) is 5.56 Å². The number of halogens is 3. The van der Waals surface area contributed by atoms with Crippen LogP contribution in [0.1, 0.15) is 11.1 Å². The Kier molecular flexibility index (Phi) is 3.01. The van der Waals surface area contributed by atoms with E-state index in [0.717, 1.165) is 32.9 Å². The number of thiazole rings is 1. The van der Waals surface area contributed by atoms with Crippen LogP contribution in [0.2, 0.25) is 0 Å². The Labute approximate surface area is 117 Å². The molecule has 0 aliphatic heterocycles. The number of aromatic nitrogens is 1. The number of rotatable bonds is 1. The van der Waals surface area contributed by atoms with Crippen molar-refractivity contribution in [2.45, 2.75) is 13.1 Å². The molecule has 0 amide bonds. The van der Waals surface area contributed by atoms with E-state index in [4.69, 9.17) is 0 Å². The van der Waals surface area contributed by atoms with Gasteiger partial charge in [-0.25, -0.2) is 4.98 Å². The Morgan fingerprint density at radius 1 is 1.00 bits per heavy atom. The molecule has 3 aromatic rings. The molecule has 0 aliphatic carbocycles. The molecule has 2 aromatic carbocycles. The predicted molar refractivity (Wildman–Crippen MR) is 74.8 cm³/mol. The minimum Gasteiger partial charge on any atom is -0.236 e. The van der Waals surface area contributed by atoms with E-state index in [2.05, 4.69) is 4.98 Å². The summed E-state index contributed by atoms with van der Waals surface area (Å²) < 4.78 is 38.7. The molecule has 5 heteroatoms. The smallest absolute Gasteiger partial charge is 0.236 e. The fourth-order valence-corrected chi connectivity index (χ4v) is 3.05. The molecule has 1 heterocycles. The zero-order valence-corrected chi connectivity index (χ0v) is 11.3. The van der Waals surface area contributed by atoms with Crippen molar-refractivity contribution in [2.24, 2.45) is 0 Å². The maximum absolute atomic E-state index is 12.5. The molecule has 20 heavy (non-hydrogen) atoms. The normalized spacial score (nSPS) is 12.0. The number of hydrogen-bond acceptors (Lipinski definition) is 2. The highest BCUT2D eigenvalue weighted by molar-refractivity contribution is 7.21. The van der Waals surface area contributed by atoms with Crippen LogP contribution in [0.15, 0.2) is 42.5 Å². The van der Waals surface area contributed by atoms with Crippen molar-refractivity contribution >= 4 is 21.6 Å². The Balaban J connectivity index is 2.05. The summed E-state index contributed by atoms with van der Waals surface area (Å²) in [4.78, 5) is 4.47. The lowest BCUT2D eigenvalue weighted by Crippen LogP contribution is -2.03. The van der Waals surface area contributed by atoms with Crippen molar-refractivity contribution in [3.63, 3.8) is 0 Å². The molecule has 0 saturated carbocycles. The molecule has 102 valence electrons. The van der Waals surface area contributed by atoms with Crippen LogP contribution in [0, 0.1) is 6.92 Å². The average Bonchev–Trinajstić information content (AvgIpc) is 2.83. The van der Waals surface area contributed by atoms with Crippen LogP contribution in [0.3, 0.4) is 0 Å². The van der Waals surface area contributed by atoms with E-state index >= 15 is 0 Å². The van der Waals surface area contributed by atoms with Crippen molar-refractivity contribution in [3.8, 4) is 10.6 Å². The third-order valence-corrected chi connectivity index (χ3v) is 4.33. The molecule has 0 saturated heterocycles. The zero-order valence-electron chi connectivity index (χ0n) is 10.5. The summed E-state index contributed by atoms with van der Waals surface area (Å²) in [5, 5.41) is 0.739. The van der Waals surface area contributed by atoms with Crippen LogP contribution in [0.25, 0.3) is 20.8 Å². The zero-order chi connectivity index (χ0) is 14.3. The number of nitrogens with zero attached hydrogens (tertiary/aromatic N) is 1. The lowest BCUT2D eigenvalue weighted by atomic mass is 10.1. The molecule has 0 atom stereocenters. The quantitative estimate of drug-likeness (QED) is 0.594. The van der Waals surface area contributed by atoms with Gasteiger partial charge < -0.3 is 0 Å². The molecule has 0 unspecified atom stereocenters. The van der Waals surface area contributed by atoms with Crippen LogP contribution in [-0.2, 0) is 6.18 Å². The minimum absolute atomic E-state index is 0.640. The van der Waals surface area contributed by atoms with Crippen LogP contribution in [0.4, 0.5) is 13.2 Å². The summed E-state index contributed by atoms with van der Waals surface area (Å²) >= 11 is 1.50. The van der Waals surface area contributed by atoms with Crippen LogP contribution >= 0.6 is 11.3 Å². The Bertz CT molecular complexity index is 757. The highest BCUT2D eigenvalue weighted by Crippen LogP contribution is 2.34. The second-order valence-electron chi connectivity index (χ2n) is 4.52. The van der Waals surface area contributed by atoms with Crippen molar-refractivity contribution in [1.82, 2.24) is 4.98 Å². The second kappa shape index (κ2) is 4.59. The third kappa shape index (κ3) is 2.29.